The van der Waals surface area contributed by atoms with Crippen LogP contribution < -0.4 is 5.73 Å². The van der Waals surface area contributed by atoms with E-state index >= 15 is 0 Å². The average Bonchev–Trinajstić information content (AvgIpc) is 2.62. The van der Waals surface area contributed by atoms with E-state index in [1.54, 1.807) is 4.90 Å². The lowest BCUT2D eigenvalue weighted by molar-refractivity contribution is -0.0573. The Morgan fingerprint density at radius 2 is 1.95 bits per heavy atom. The van der Waals surface area contributed by atoms with Gasteiger partial charge in [-0.3, -0.25) is 4.90 Å². The third-order valence-corrected chi connectivity index (χ3v) is 4.31. The van der Waals surface area contributed by atoms with Crippen LogP contribution in [0.5, 0.6) is 0 Å². The molecule has 1 saturated heterocycles. The van der Waals surface area contributed by atoms with Crippen molar-refractivity contribution in [1.29, 1.82) is 0 Å². The van der Waals surface area contributed by atoms with Crippen LogP contribution in [-0.2, 0) is 11.2 Å². The smallest absolute Gasteiger partial charge is 0.317 e. The average molecular weight is 311 g/mol. The number of amides is 2. The maximum absolute atomic E-state index is 11.8. The van der Waals surface area contributed by atoms with Crippen LogP contribution in [0.25, 0.3) is 0 Å². The minimum Gasteiger partial charge on any atom is -0.353 e. The molecule has 4 nitrogen and oxygen atoms in total. The van der Waals surface area contributed by atoms with Crippen molar-refractivity contribution >= 4 is 17.6 Å². The number of rotatable bonds is 4. The van der Waals surface area contributed by atoms with Crippen LogP contribution in [0.15, 0.2) is 24.3 Å². The van der Waals surface area contributed by atoms with E-state index in [0.29, 0.717) is 6.61 Å². The number of carbonyl (C=O) groups excluding carboxylic acids is 1. The van der Waals surface area contributed by atoms with Gasteiger partial charge in [0.15, 0.2) is 0 Å². The first kappa shape index (κ1) is 16.1. The van der Waals surface area contributed by atoms with E-state index in [-0.39, 0.29) is 5.54 Å². The van der Waals surface area contributed by atoms with Gasteiger partial charge in [0, 0.05) is 5.02 Å². The van der Waals surface area contributed by atoms with Crippen LogP contribution in [0, 0.1) is 0 Å². The van der Waals surface area contributed by atoms with Crippen LogP contribution in [0.2, 0.25) is 5.02 Å². The molecule has 0 spiro atoms. The van der Waals surface area contributed by atoms with Gasteiger partial charge in [-0.15, -0.1) is 0 Å². The Morgan fingerprint density at radius 3 is 2.52 bits per heavy atom. The topological polar surface area (TPSA) is 55.6 Å². The molecule has 1 aliphatic heterocycles. The zero-order chi connectivity index (χ0) is 15.7. The number of hydrogen-bond acceptors (Lipinski definition) is 2. The largest absolute Gasteiger partial charge is 0.353 e. The van der Waals surface area contributed by atoms with Crippen molar-refractivity contribution in [2.75, 3.05) is 6.61 Å². The molecule has 1 atom stereocenters. The van der Waals surface area contributed by atoms with Gasteiger partial charge in [0.25, 0.3) is 0 Å². The van der Waals surface area contributed by atoms with E-state index in [9.17, 15) is 4.79 Å². The molecule has 1 aliphatic rings. The van der Waals surface area contributed by atoms with Crippen LogP contribution in [0.1, 0.15) is 39.2 Å². The highest BCUT2D eigenvalue weighted by Gasteiger charge is 2.50. The second-order valence-corrected chi connectivity index (χ2v) is 6.87. The fraction of sp³-hybridized carbons (Fsp3) is 0.562. The molecule has 1 aromatic carbocycles. The van der Waals surface area contributed by atoms with E-state index in [1.165, 1.54) is 5.56 Å². The van der Waals surface area contributed by atoms with Crippen molar-refractivity contribution in [2.45, 2.75) is 51.3 Å². The minimum absolute atomic E-state index is 0.360. The van der Waals surface area contributed by atoms with Gasteiger partial charge in [-0.1, -0.05) is 23.7 Å². The Morgan fingerprint density at radius 1 is 1.33 bits per heavy atom. The highest BCUT2D eigenvalue weighted by molar-refractivity contribution is 6.30. The molecular formula is C16H23ClN2O2. The number of hydrogen-bond donors (Lipinski definition) is 1. The van der Waals surface area contributed by atoms with E-state index in [2.05, 4.69) is 0 Å². The molecule has 0 radical (unpaired) electrons. The summed E-state index contributed by atoms with van der Waals surface area (Å²) in [4.78, 5) is 13.4. The Kier molecular flexibility index (Phi) is 4.49. The number of urea groups is 1. The Hall–Kier alpha value is -1.26. The van der Waals surface area contributed by atoms with Gasteiger partial charge in [-0.2, -0.15) is 0 Å². The van der Waals surface area contributed by atoms with Crippen molar-refractivity contribution < 1.29 is 9.53 Å². The summed E-state index contributed by atoms with van der Waals surface area (Å²) in [6, 6.07) is 7.41. The van der Waals surface area contributed by atoms with Gasteiger partial charge in [-0.25, -0.2) is 4.79 Å². The second kappa shape index (κ2) is 5.85. The fourth-order valence-electron chi connectivity index (χ4n) is 3.09. The Labute approximate surface area is 131 Å². The van der Waals surface area contributed by atoms with Crippen LogP contribution in [0.4, 0.5) is 4.79 Å². The molecule has 0 bridgehead atoms. The van der Waals surface area contributed by atoms with Gasteiger partial charge >= 0.3 is 6.03 Å². The van der Waals surface area contributed by atoms with Crippen LogP contribution in [-0.4, -0.2) is 28.8 Å². The molecule has 0 aliphatic carbocycles. The zero-order valence-electron chi connectivity index (χ0n) is 12.9. The number of aryl methyl sites for hydroxylation is 1. The normalized spacial score (nSPS) is 24.3. The second-order valence-electron chi connectivity index (χ2n) is 6.43. The molecular weight excluding hydrogens is 288 g/mol. The van der Waals surface area contributed by atoms with Gasteiger partial charge in [0.2, 0.25) is 0 Å². The summed E-state index contributed by atoms with van der Waals surface area (Å²) in [5.74, 6) is 0. The van der Waals surface area contributed by atoms with Gasteiger partial charge < -0.3 is 10.5 Å². The quantitative estimate of drug-likeness (QED) is 0.924. The van der Waals surface area contributed by atoms with Gasteiger partial charge in [0.1, 0.15) is 5.72 Å². The van der Waals surface area contributed by atoms with Gasteiger partial charge in [0.05, 0.1) is 12.1 Å². The highest BCUT2D eigenvalue weighted by atomic mass is 35.5. The Balaban J connectivity index is 1.98. The standard InChI is InChI=1S/C16H23ClN2O2/c1-15(2)11-21-16(3,19(15)14(18)20)10-4-5-12-6-8-13(17)9-7-12/h6-9H,4-5,10-11H2,1-3H3,(H2,18,20). The van der Waals surface area contributed by atoms with E-state index in [1.807, 2.05) is 45.0 Å². The molecule has 21 heavy (non-hydrogen) atoms. The summed E-state index contributed by atoms with van der Waals surface area (Å²) in [6.45, 7) is 6.40. The summed E-state index contributed by atoms with van der Waals surface area (Å²) in [6.07, 6.45) is 2.59. The van der Waals surface area contributed by atoms with Crippen LogP contribution >= 0.6 is 11.6 Å². The van der Waals surface area contributed by atoms with Crippen molar-refractivity contribution in [3.63, 3.8) is 0 Å². The number of benzene rings is 1. The molecule has 116 valence electrons. The first-order valence-corrected chi connectivity index (χ1v) is 7.61. The Bertz CT molecular complexity index is 516. The number of primary amides is 1. The third-order valence-electron chi connectivity index (χ3n) is 4.05. The van der Waals surface area contributed by atoms with Crippen LogP contribution in [0.3, 0.4) is 0 Å². The third kappa shape index (κ3) is 3.50. The summed E-state index contributed by atoms with van der Waals surface area (Å²) >= 11 is 5.88. The number of carbonyl (C=O) groups is 1. The fourth-order valence-corrected chi connectivity index (χ4v) is 3.21. The summed E-state index contributed by atoms with van der Waals surface area (Å²) in [7, 11) is 0. The maximum atomic E-state index is 11.8. The monoisotopic (exact) mass is 310 g/mol. The highest BCUT2D eigenvalue weighted by Crippen LogP contribution is 2.37. The predicted molar refractivity (Wildman–Crippen MR) is 84.2 cm³/mol. The lowest BCUT2D eigenvalue weighted by Crippen LogP contribution is -2.56. The molecule has 0 saturated carbocycles. The maximum Gasteiger partial charge on any atom is 0.317 e. The number of ether oxygens (including phenoxy) is 1. The molecule has 1 aromatic rings. The molecule has 5 heteroatoms. The van der Waals surface area contributed by atoms with E-state index in [0.717, 1.165) is 24.3 Å². The molecule has 0 aromatic heterocycles. The van der Waals surface area contributed by atoms with Crippen molar-refractivity contribution in [2.24, 2.45) is 5.73 Å². The first-order valence-electron chi connectivity index (χ1n) is 7.23. The lowest BCUT2D eigenvalue weighted by Gasteiger charge is -2.38. The first-order chi connectivity index (χ1) is 9.74. The summed E-state index contributed by atoms with van der Waals surface area (Å²) < 4.78 is 5.89. The van der Waals surface area contributed by atoms with Crippen molar-refractivity contribution in [1.82, 2.24) is 4.90 Å². The minimum atomic E-state index is -0.623. The molecule has 1 unspecified atom stereocenters. The SMILES string of the molecule is CC1(C)COC(C)(CCCc2ccc(Cl)cc2)N1C(N)=O. The number of halogens is 1. The molecule has 2 rings (SSSR count). The van der Waals surface area contributed by atoms with E-state index < -0.39 is 11.8 Å². The zero-order valence-corrected chi connectivity index (χ0v) is 13.6. The molecule has 2 N–H and O–H groups in total. The lowest BCUT2D eigenvalue weighted by atomic mass is 9.99. The molecule has 1 fully saturated rings. The molecule has 1 heterocycles. The van der Waals surface area contributed by atoms with Crippen molar-refractivity contribution in [3.8, 4) is 0 Å². The van der Waals surface area contributed by atoms with Gasteiger partial charge in [-0.05, 0) is 57.7 Å². The number of nitrogens with two attached hydrogens (primary N) is 1. The molecule has 2 amide bonds. The number of nitrogens with zero attached hydrogens (tertiary/aromatic N) is 1. The summed E-state index contributed by atoms with van der Waals surface area (Å²) in [5.41, 5.74) is 5.78. The van der Waals surface area contributed by atoms with Crippen molar-refractivity contribution in [3.05, 3.63) is 34.9 Å². The summed E-state index contributed by atoms with van der Waals surface area (Å²) in [5, 5.41) is 0.742. The predicted octanol–water partition coefficient (Wildman–Crippen LogP) is 3.57. The van der Waals surface area contributed by atoms with E-state index in [4.69, 9.17) is 22.1 Å².